The standard InChI is InChI=1S/C38H39N3O4/c1-37(2,35-28-11-7-5-9-26(28)13-15-30(35)40-21-18-33(42)43)20-17-25(24-39)23-32-38(3,4)36-29-12-8-6-10-27(29)14-16-31(36)41(32)22-19-34(44)45/h5-11,13-17,20,23,29,40H,12,18-19,21-22H2,1-4H3,(H-,42,43,44,45)/p+1/b20-17+,25-23-. The van der Waals surface area contributed by atoms with Crippen LogP contribution in [0.5, 0.6) is 0 Å². The van der Waals surface area contributed by atoms with Crippen molar-refractivity contribution in [3.63, 3.8) is 0 Å². The van der Waals surface area contributed by atoms with Gasteiger partial charge in [-0.15, -0.1) is 0 Å². The maximum absolute atomic E-state index is 11.7. The van der Waals surface area contributed by atoms with Crippen LogP contribution in [0.15, 0.2) is 107 Å². The minimum atomic E-state index is -0.865. The summed E-state index contributed by atoms with van der Waals surface area (Å²) in [7, 11) is 0. The van der Waals surface area contributed by atoms with Gasteiger partial charge < -0.3 is 15.5 Å². The van der Waals surface area contributed by atoms with Gasteiger partial charge in [-0.25, -0.2) is 0 Å². The number of aliphatic carboxylic acids is 2. The van der Waals surface area contributed by atoms with Gasteiger partial charge in [-0.3, -0.25) is 9.59 Å². The van der Waals surface area contributed by atoms with Crippen LogP contribution in [0.1, 0.15) is 52.5 Å². The van der Waals surface area contributed by atoms with Crippen molar-refractivity contribution in [2.75, 3.05) is 18.4 Å². The number of nitrogens with zero attached hydrogens (tertiary/aromatic N) is 2. The molecule has 3 N–H and O–H groups in total. The summed E-state index contributed by atoms with van der Waals surface area (Å²) in [5, 5.41) is 34.6. The lowest BCUT2D eigenvalue weighted by molar-refractivity contribution is -0.469. The molecule has 7 heteroatoms. The summed E-state index contributed by atoms with van der Waals surface area (Å²) in [4.78, 5) is 22.9. The number of anilines is 1. The summed E-state index contributed by atoms with van der Waals surface area (Å²) in [5.41, 5.74) is 5.83. The van der Waals surface area contributed by atoms with Crippen molar-refractivity contribution in [2.24, 2.45) is 11.3 Å². The largest absolute Gasteiger partial charge is 0.481 e. The van der Waals surface area contributed by atoms with E-state index in [4.69, 9.17) is 0 Å². The third kappa shape index (κ3) is 6.32. The van der Waals surface area contributed by atoms with E-state index < -0.39 is 22.8 Å². The zero-order valence-corrected chi connectivity index (χ0v) is 26.3. The average molecular weight is 603 g/mol. The lowest BCUT2D eigenvalue weighted by atomic mass is 9.68. The molecule has 0 radical (unpaired) electrons. The second-order valence-corrected chi connectivity index (χ2v) is 12.9. The number of rotatable bonds is 11. The molecule has 5 rings (SSSR count). The van der Waals surface area contributed by atoms with Crippen molar-refractivity contribution >= 4 is 34.1 Å². The van der Waals surface area contributed by atoms with E-state index in [0.717, 1.165) is 39.9 Å². The van der Waals surface area contributed by atoms with Crippen LogP contribution in [-0.4, -0.2) is 45.5 Å². The molecule has 7 nitrogen and oxygen atoms in total. The zero-order chi connectivity index (χ0) is 32.4. The number of nitrogens with one attached hydrogen (secondary N) is 1. The number of nitriles is 1. The Bertz CT molecular complexity index is 1820. The van der Waals surface area contributed by atoms with Crippen molar-refractivity contribution in [1.29, 1.82) is 5.26 Å². The molecule has 1 unspecified atom stereocenters. The van der Waals surface area contributed by atoms with Gasteiger partial charge in [0.1, 0.15) is 6.42 Å². The number of carboxylic acid groups (broad SMARTS) is 2. The predicted octanol–water partition coefficient (Wildman–Crippen LogP) is 7.30. The molecule has 45 heavy (non-hydrogen) atoms. The van der Waals surface area contributed by atoms with Gasteiger partial charge >= 0.3 is 11.9 Å². The van der Waals surface area contributed by atoms with Gasteiger partial charge in [-0.1, -0.05) is 74.6 Å². The molecule has 1 heterocycles. The number of hydrogen-bond donors (Lipinski definition) is 3. The summed E-state index contributed by atoms with van der Waals surface area (Å²) in [5.74, 6) is -1.52. The summed E-state index contributed by atoms with van der Waals surface area (Å²) < 4.78 is 2.08. The third-order valence-electron chi connectivity index (χ3n) is 9.03. The Morgan fingerprint density at radius 2 is 1.87 bits per heavy atom. The number of allylic oxidation sites excluding steroid dienone is 11. The highest BCUT2D eigenvalue weighted by molar-refractivity contribution is 6.01. The molecule has 3 aliphatic rings. The fraction of sp³-hybridized carbons (Fsp3) is 0.316. The predicted molar refractivity (Wildman–Crippen MR) is 178 cm³/mol. The number of benzene rings is 2. The van der Waals surface area contributed by atoms with E-state index in [1.165, 1.54) is 11.1 Å². The molecule has 0 saturated carbocycles. The molecule has 0 bridgehead atoms. The van der Waals surface area contributed by atoms with Gasteiger partial charge in [0, 0.05) is 41.3 Å². The molecule has 0 fully saturated rings. The molecule has 2 aromatic rings. The zero-order valence-electron chi connectivity index (χ0n) is 26.3. The SMILES string of the molecule is CC1(C)C2=C(C=CC3=CC=CCC32)[N+](CCC(=O)O)=C1/C=C(C#N)/C=C/C(C)(C)c1c(NCCC(=O)O)ccc2ccccc12. The van der Waals surface area contributed by atoms with Crippen molar-refractivity contribution in [3.8, 4) is 6.07 Å². The van der Waals surface area contributed by atoms with Crippen LogP contribution >= 0.6 is 0 Å². The molecule has 1 atom stereocenters. The quantitative estimate of drug-likeness (QED) is 0.141. The van der Waals surface area contributed by atoms with Gasteiger partial charge in [0.05, 0.1) is 23.5 Å². The van der Waals surface area contributed by atoms with Gasteiger partial charge in [0.25, 0.3) is 0 Å². The maximum atomic E-state index is 11.7. The Balaban J connectivity index is 1.55. The minimum absolute atomic E-state index is 0.00173. The molecule has 2 aromatic carbocycles. The lowest BCUT2D eigenvalue weighted by Gasteiger charge is -2.30. The van der Waals surface area contributed by atoms with Crippen LogP contribution in [0.2, 0.25) is 0 Å². The summed E-state index contributed by atoms with van der Waals surface area (Å²) in [6.45, 7) is 9.11. The van der Waals surface area contributed by atoms with Gasteiger partial charge in [-0.2, -0.15) is 9.84 Å². The van der Waals surface area contributed by atoms with E-state index in [1.54, 1.807) is 0 Å². The first-order chi connectivity index (χ1) is 21.4. The van der Waals surface area contributed by atoms with Crippen molar-refractivity contribution in [2.45, 2.75) is 52.4 Å². The normalized spacial score (nSPS) is 19.0. The average Bonchev–Trinajstić information content (AvgIpc) is 3.22. The van der Waals surface area contributed by atoms with E-state index in [0.29, 0.717) is 18.7 Å². The molecule has 1 aliphatic heterocycles. The van der Waals surface area contributed by atoms with Crippen LogP contribution in [-0.2, 0) is 15.0 Å². The maximum Gasteiger partial charge on any atom is 0.309 e. The first kappa shape index (κ1) is 31.5. The van der Waals surface area contributed by atoms with Crippen molar-refractivity contribution in [1.82, 2.24) is 0 Å². The molecular weight excluding hydrogens is 562 g/mol. The monoisotopic (exact) mass is 602 g/mol. The first-order valence-electron chi connectivity index (χ1n) is 15.4. The Kier molecular flexibility index (Phi) is 8.79. The van der Waals surface area contributed by atoms with Crippen molar-refractivity contribution < 1.29 is 24.4 Å². The Morgan fingerprint density at radius 1 is 1.11 bits per heavy atom. The van der Waals surface area contributed by atoms with E-state index in [-0.39, 0.29) is 18.8 Å². The molecule has 0 amide bonds. The molecule has 0 saturated heterocycles. The molecule has 230 valence electrons. The summed E-state index contributed by atoms with van der Waals surface area (Å²) in [6, 6.07) is 14.5. The molecule has 0 spiro atoms. The second-order valence-electron chi connectivity index (χ2n) is 12.9. The van der Waals surface area contributed by atoms with Crippen LogP contribution in [0.4, 0.5) is 5.69 Å². The fourth-order valence-electron chi connectivity index (χ4n) is 6.91. The Morgan fingerprint density at radius 3 is 2.60 bits per heavy atom. The number of hydrogen-bond acceptors (Lipinski definition) is 4. The number of carboxylic acids is 2. The fourth-order valence-corrected chi connectivity index (χ4v) is 6.91. The van der Waals surface area contributed by atoms with Crippen LogP contribution in [0.3, 0.4) is 0 Å². The topological polar surface area (TPSA) is 113 Å². The van der Waals surface area contributed by atoms with Crippen LogP contribution in [0, 0.1) is 22.7 Å². The third-order valence-corrected chi connectivity index (χ3v) is 9.03. The van der Waals surface area contributed by atoms with E-state index >= 15 is 0 Å². The van der Waals surface area contributed by atoms with E-state index in [1.807, 2.05) is 42.5 Å². The van der Waals surface area contributed by atoms with Crippen LogP contribution in [0.25, 0.3) is 10.8 Å². The van der Waals surface area contributed by atoms with Gasteiger partial charge in [-0.05, 0) is 54.3 Å². The van der Waals surface area contributed by atoms with E-state index in [2.05, 4.69) is 86.2 Å². The first-order valence-corrected chi connectivity index (χ1v) is 15.4. The smallest absolute Gasteiger partial charge is 0.309 e. The Hall–Kier alpha value is -4.96. The second kappa shape index (κ2) is 12.6. The lowest BCUT2D eigenvalue weighted by Crippen LogP contribution is -2.30. The Labute approximate surface area is 264 Å². The van der Waals surface area contributed by atoms with Gasteiger partial charge in [0.2, 0.25) is 5.70 Å². The highest BCUT2D eigenvalue weighted by atomic mass is 16.4. The van der Waals surface area contributed by atoms with Crippen molar-refractivity contribution in [3.05, 3.63) is 113 Å². The number of fused-ring (bicyclic) bond motifs is 3. The minimum Gasteiger partial charge on any atom is -0.481 e. The highest BCUT2D eigenvalue weighted by Crippen LogP contribution is 2.49. The summed E-state index contributed by atoms with van der Waals surface area (Å²) >= 11 is 0. The van der Waals surface area contributed by atoms with E-state index in [9.17, 15) is 25.1 Å². The molecule has 0 aromatic heterocycles. The summed E-state index contributed by atoms with van der Waals surface area (Å²) in [6.07, 6.45) is 17.3. The highest BCUT2D eigenvalue weighted by Gasteiger charge is 2.50. The molecular formula is C38H40N3O4+. The van der Waals surface area contributed by atoms with Crippen LogP contribution < -0.4 is 5.32 Å². The molecule has 2 aliphatic carbocycles. The number of carbonyl (C=O) groups is 2. The van der Waals surface area contributed by atoms with Gasteiger partial charge in [0.15, 0.2) is 12.3 Å².